The third-order valence-corrected chi connectivity index (χ3v) is 3.41. The van der Waals surface area contributed by atoms with Crippen molar-refractivity contribution in [3.05, 3.63) is 60.3 Å². The maximum Gasteiger partial charge on any atom is 0.122 e. The average molecular weight is 266 g/mol. The van der Waals surface area contributed by atoms with Crippen molar-refractivity contribution in [3.8, 4) is 0 Å². The summed E-state index contributed by atoms with van der Waals surface area (Å²) in [4.78, 5) is 8.82. The Morgan fingerprint density at radius 2 is 2.00 bits per heavy atom. The highest BCUT2D eigenvalue weighted by Crippen LogP contribution is 2.17. The Hall–Kier alpha value is -2.20. The van der Waals surface area contributed by atoms with E-state index in [-0.39, 0.29) is 0 Å². The van der Waals surface area contributed by atoms with E-state index in [2.05, 4.69) is 45.0 Å². The van der Waals surface area contributed by atoms with E-state index in [1.54, 1.807) is 0 Å². The molecule has 2 heterocycles. The summed E-state index contributed by atoms with van der Waals surface area (Å²) in [6.45, 7) is 4.67. The summed E-state index contributed by atoms with van der Waals surface area (Å²) >= 11 is 0. The predicted octanol–water partition coefficient (Wildman–Crippen LogP) is 2.59. The van der Waals surface area contributed by atoms with E-state index in [1.807, 2.05) is 30.7 Å². The Morgan fingerprint density at radius 3 is 2.90 bits per heavy atom. The van der Waals surface area contributed by atoms with Crippen LogP contribution in [0.15, 0.2) is 48.9 Å². The van der Waals surface area contributed by atoms with Crippen molar-refractivity contribution in [2.75, 3.05) is 6.54 Å². The van der Waals surface area contributed by atoms with Gasteiger partial charge in [-0.15, -0.1) is 0 Å². The molecule has 0 saturated carbocycles. The molecule has 0 aliphatic carbocycles. The summed E-state index contributed by atoms with van der Waals surface area (Å²) < 4.78 is 2.18. The Bertz CT molecular complexity index is 697. The van der Waals surface area contributed by atoms with Gasteiger partial charge in [0.05, 0.1) is 12.1 Å². The minimum atomic E-state index is 0.798. The zero-order valence-electron chi connectivity index (χ0n) is 11.6. The van der Waals surface area contributed by atoms with Gasteiger partial charge < -0.3 is 9.88 Å². The van der Waals surface area contributed by atoms with Crippen LogP contribution >= 0.6 is 0 Å². The molecule has 4 heteroatoms. The fourth-order valence-corrected chi connectivity index (χ4v) is 2.36. The summed E-state index contributed by atoms with van der Waals surface area (Å²) in [5, 5.41) is 4.52. The van der Waals surface area contributed by atoms with E-state index >= 15 is 0 Å². The minimum absolute atomic E-state index is 0.798. The number of hydrogen-bond donors (Lipinski definition) is 1. The van der Waals surface area contributed by atoms with E-state index < -0.39 is 0 Å². The van der Waals surface area contributed by atoms with Gasteiger partial charge in [0.2, 0.25) is 0 Å². The molecule has 4 nitrogen and oxygen atoms in total. The number of hydrogen-bond acceptors (Lipinski definition) is 3. The number of fused-ring (bicyclic) bond motifs is 1. The smallest absolute Gasteiger partial charge is 0.122 e. The highest BCUT2D eigenvalue weighted by molar-refractivity contribution is 5.81. The molecule has 0 saturated heterocycles. The fourth-order valence-electron chi connectivity index (χ4n) is 2.36. The maximum absolute atomic E-state index is 4.41. The Labute approximate surface area is 118 Å². The van der Waals surface area contributed by atoms with E-state index in [0.717, 1.165) is 31.0 Å². The molecule has 0 radical (unpaired) electrons. The summed E-state index contributed by atoms with van der Waals surface area (Å²) in [6.07, 6.45) is 5.76. The first-order valence-electron chi connectivity index (χ1n) is 6.92. The van der Waals surface area contributed by atoms with Crippen molar-refractivity contribution in [2.45, 2.75) is 20.0 Å². The maximum atomic E-state index is 4.41. The highest BCUT2D eigenvalue weighted by Gasteiger charge is 2.06. The molecule has 3 aromatic rings. The third kappa shape index (κ3) is 2.56. The van der Waals surface area contributed by atoms with Gasteiger partial charge in [0.1, 0.15) is 5.82 Å². The normalized spacial score (nSPS) is 11.1. The lowest BCUT2D eigenvalue weighted by molar-refractivity contribution is 0.640. The Balaban J connectivity index is 1.92. The van der Waals surface area contributed by atoms with Gasteiger partial charge in [0, 0.05) is 30.5 Å². The molecule has 0 bridgehead atoms. The molecule has 3 rings (SSSR count). The van der Waals surface area contributed by atoms with Crippen molar-refractivity contribution in [1.29, 1.82) is 0 Å². The largest absolute Gasteiger partial charge is 0.329 e. The fraction of sp³-hybridized carbons (Fsp3) is 0.250. The predicted molar refractivity (Wildman–Crippen MR) is 80.5 cm³/mol. The molecule has 0 unspecified atom stereocenters. The highest BCUT2D eigenvalue weighted by atomic mass is 15.1. The summed E-state index contributed by atoms with van der Waals surface area (Å²) in [6, 6.07) is 10.3. The van der Waals surface area contributed by atoms with Crippen molar-refractivity contribution in [1.82, 2.24) is 19.9 Å². The topological polar surface area (TPSA) is 42.7 Å². The van der Waals surface area contributed by atoms with Crippen LogP contribution in [-0.2, 0) is 13.1 Å². The standard InChI is InChI=1S/C16H18N4/c1-2-17-11-16-19-9-10-20(16)12-13-7-8-18-15-6-4-3-5-14(13)15/h3-10,17H,2,11-12H2,1H3. The Morgan fingerprint density at radius 1 is 1.10 bits per heavy atom. The zero-order valence-corrected chi connectivity index (χ0v) is 11.6. The summed E-state index contributed by atoms with van der Waals surface area (Å²) in [5.74, 6) is 1.06. The molecule has 0 aliphatic rings. The van der Waals surface area contributed by atoms with Crippen molar-refractivity contribution >= 4 is 10.9 Å². The van der Waals surface area contributed by atoms with Gasteiger partial charge in [-0.2, -0.15) is 0 Å². The van der Waals surface area contributed by atoms with Gasteiger partial charge in [-0.1, -0.05) is 25.1 Å². The molecule has 0 aliphatic heterocycles. The van der Waals surface area contributed by atoms with Crippen LogP contribution in [0.3, 0.4) is 0 Å². The molecule has 0 fully saturated rings. The van der Waals surface area contributed by atoms with Crippen LogP contribution in [0.2, 0.25) is 0 Å². The van der Waals surface area contributed by atoms with Crippen LogP contribution in [0.25, 0.3) is 10.9 Å². The van der Waals surface area contributed by atoms with Gasteiger partial charge in [-0.05, 0) is 24.2 Å². The second-order valence-corrected chi connectivity index (χ2v) is 4.74. The van der Waals surface area contributed by atoms with Crippen LogP contribution in [-0.4, -0.2) is 21.1 Å². The van der Waals surface area contributed by atoms with Crippen LogP contribution in [0.1, 0.15) is 18.3 Å². The average Bonchev–Trinajstić information content (AvgIpc) is 2.93. The molecule has 2 aromatic heterocycles. The molecular weight excluding hydrogens is 248 g/mol. The van der Waals surface area contributed by atoms with Crippen molar-refractivity contribution < 1.29 is 0 Å². The van der Waals surface area contributed by atoms with Crippen LogP contribution in [0, 0.1) is 0 Å². The Kier molecular flexibility index (Phi) is 3.74. The summed E-state index contributed by atoms with van der Waals surface area (Å²) in [5.41, 5.74) is 2.31. The van der Waals surface area contributed by atoms with Crippen LogP contribution in [0.5, 0.6) is 0 Å². The third-order valence-electron chi connectivity index (χ3n) is 3.41. The number of imidazole rings is 1. The number of nitrogens with zero attached hydrogens (tertiary/aromatic N) is 3. The number of benzene rings is 1. The van der Waals surface area contributed by atoms with Gasteiger partial charge >= 0.3 is 0 Å². The van der Waals surface area contributed by atoms with Crippen LogP contribution in [0.4, 0.5) is 0 Å². The molecule has 20 heavy (non-hydrogen) atoms. The number of nitrogens with one attached hydrogen (secondary N) is 1. The molecule has 0 spiro atoms. The lowest BCUT2D eigenvalue weighted by Gasteiger charge is -2.10. The van der Waals surface area contributed by atoms with E-state index in [1.165, 1.54) is 10.9 Å². The van der Waals surface area contributed by atoms with Gasteiger partial charge in [-0.25, -0.2) is 4.98 Å². The van der Waals surface area contributed by atoms with E-state index in [0.29, 0.717) is 0 Å². The van der Waals surface area contributed by atoms with Crippen molar-refractivity contribution in [3.63, 3.8) is 0 Å². The molecule has 102 valence electrons. The first-order chi connectivity index (χ1) is 9.88. The first kappa shape index (κ1) is 12.8. The molecular formula is C16H18N4. The number of para-hydroxylation sites is 1. The number of rotatable bonds is 5. The van der Waals surface area contributed by atoms with Crippen molar-refractivity contribution in [2.24, 2.45) is 0 Å². The number of pyridine rings is 1. The molecule has 1 aromatic carbocycles. The minimum Gasteiger partial charge on any atom is -0.329 e. The van der Waals surface area contributed by atoms with E-state index in [4.69, 9.17) is 0 Å². The first-order valence-corrected chi connectivity index (χ1v) is 6.92. The lowest BCUT2D eigenvalue weighted by Crippen LogP contribution is -2.16. The van der Waals surface area contributed by atoms with Gasteiger partial charge in [0.25, 0.3) is 0 Å². The second-order valence-electron chi connectivity index (χ2n) is 4.74. The summed E-state index contributed by atoms with van der Waals surface area (Å²) in [7, 11) is 0. The molecule has 0 amide bonds. The quantitative estimate of drug-likeness (QED) is 0.772. The molecule has 0 atom stereocenters. The van der Waals surface area contributed by atoms with Gasteiger partial charge in [0.15, 0.2) is 0 Å². The number of aromatic nitrogens is 3. The SMILES string of the molecule is CCNCc1nccn1Cc1ccnc2ccccc12. The monoisotopic (exact) mass is 266 g/mol. The van der Waals surface area contributed by atoms with Crippen LogP contribution < -0.4 is 5.32 Å². The van der Waals surface area contributed by atoms with Gasteiger partial charge in [-0.3, -0.25) is 4.98 Å². The zero-order chi connectivity index (χ0) is 13.8. The lowest BCUT2D eigenvalue weighted by atomic mass is 10.1. The second kappa shape index (κ2) is 5.84. The van der Waals surface area contributed by atoms with E-state index in [9.17, 15) is 0 Å². The molecule has 1 N–H and O–H groups in total.